The lowest BCUT2D eigenvalue weighted by Crippen LogP contribution is -2.23. The Kier molecular flexibility index (Phi) is 4.74. The molecule has 0 fully saturated rings. The Labute approximate surface area is 164 Å². The summed E-state index contributed by atoms with van der Waals surface area (Å²) >= 11 is 0. The molecule has 1 N–H and O–H groups in total. The van der Waals surface area contributed by atoms with E-state index in [-0.39, 0.29) is 11.5 Å². The number of aromatic nitrogens is 2. The Hall–Kier alpha value is -4.07. The highest BCUT2D eigenvalue weighted by molar-refractivity contribution is 5.61. The molecule has 144 valence electrons. The molecule has 2 aromatic heterocycles. The molecule has 0 amide bonds. The number of nitro groups is 1. The van der Waals surface area contributed by atoms with Gasteiger partial charge in [-0.1, -0.05) is 48.5 Å². The number of nitrogens with one attached hydrogen (secondary N) is 1. The summed E-state index contributed by atoms with van der Waals surface area (Å²) in [7, 11) is 0. The average Bonchev–Trinajstić information content (AvgIpc) is 2.72. The lowest BCUT2D eigenvalue weighted by atomic mass is 9.98. The van der Waals surface area contributed by atoms with Crippen LogP contribution in [0.4, 0.5) is 15.9 Å². The van der Waals surface area contributed by atoms with Gasteiger partial charge in [-0.15, -0.1) is 0 Å². The molecule has 0 aliphatic carbocycles. The quantitative estimate of drug-likeness (QED) is 0.412. The molecule has 4 aromatic rings. The van der Waals surface area contributed by atoms with Crippen molar-refractivity contribution in [2.75, 3.05) is 5.32 Å². The van der Waals surface area contributed by atoms with Gasteiger partial charge in [-0.25, -0.2) is 9.37 Å². The zero-order chi connectivity index (χ0) is 20.4. The van der Waals surface area contributed by atoms with E-state index in [1.165, 1.54) is 18.3 Å². The Bertz CT molecular complexity index is 1260. The topological polar surface area (TPSA) is 89.5 Å². The van der Waals surface area contributed by atoms with Crippen molar-refractivity contribution in [2.45, 2.75) is 6.04 Å². The molecule has 2 aromatic carbocycles. The van der Waals surface area contributed by atoms with Crippen molar-refractivity contribution in [2.24, 2.45) is 0 Å². The first-order valence-electron chi connectivity index (χ1n) is 8.77. The monoisotopic (exact) mass is 390 g/mol. The normalized spacial score (nSPS) is 11.9. The lowest BCUT2D eigenvalue weighted by Gasteiger charge is -2.20. The van der Waals surface area contributed by atoms with Gasteiger partial charge in [0.05, 0.1) is 11.0 Å². The van der Waals surface area contributed by atoms with E-state index in [1.807, 2.05) is 18.2 Å². The second kappa shape index (κ2) is 7.51. The van der Waals surface area contributed by atoms with Crippen molar-refractivity contribution in [3.63, 3.8) is 0 Å². The van der Waals surface area contributed by atoms with Gasteiger partial charge in [0, 0.05) is 6.20 Å². The van der Waals surface area contributed by atoms with Gasteiger partial charge in [-0.05, 0) is 35.4 Å². The Morgan fingerprint density at radius 1 is 1.00 bits per heavy atom. The summed E-state index contributed by atoms with van der Waals surface area (Å²) in [5.74, 6) is -0.615. The van der Waals surface area contributed by atoms with Gasteiger partial charge in [0.25, 0.3) is 0 Å². The first-order valence-corrected chi connectivity index (χ1v) is 8.77. The summed E-state index contributed by atoms with van der Waals surface area (Å²) in [6.07, 6.45) is 1.42. The van der Waals surface area contributed by atoms with Gasteiger partial charge >= 0.3 is 11.2 Å². The zero-order valence-electron chi connectivity index (χ0n) is 15.0. The molecule has 4 rings (SSSR count). The van der Waals surface area contributed by atoms with Crippen molar-refractivity contribution in [3.05, 3.63) is 116 Å². The minimum absolute atomic E-state index is 0.177. The van der Waals surface area contributed by atoms with Crippen molar-refractivity contribution in [1.29, 1.82) is 0 Å². The highest BCUT2D eigenvalue weighted by Gasteiger charge is 2.26. The number of pyridine rings is 1. The molecule has 0 aliphatic heterocycles. The van der Waals surface area contributed by atoms with Crippen LogP contribution in [0.5, 0.6) is 0 Å². The van der Waals surface area contributed by atoms with Crippen LogP contribution >= 0.6 is 0 Å². The molecular formula is C21H15FN4O3. The molecule has 2 heterocycles. The summed E-state index contributed by atoms with van der Waals surface area (Å²) in [5, 5.41) is 14.6. The number of hydrogen-bond acceptors (Lipinski definition) is 5. The first-order chi connectivity index (χ1) is 14.0. The molecule has 0 saturated carbocycles. The zero-order valence-corrected chi connectivity index (χ0v) is 15.0. The van der Waals surface area contributed by atoms with Crippen LogP contribution in [0.2, 0.25) is 0 Å². The molecule has 0 radical (unpaired) electrons. The Balaban J connectivity index is 1.90. The number of nitrogens with zero attached hydrogens (tertiary/aromatic N) is 3. The second-order valence-electron chi connectivity index (χ2n) is 6.34. The van der Waals surface area contributed by atoms with Crippen LogP contribution in [0.15, 0.2) is 83.8 Å². The second-order valence-corrected chi connectivity index (χ2v) is 6.34. The maximum atomic E-state index is 13.9. The molecule has 0 bridgehead atoms. The number of halogens is 1. The predicted octanol–water partition coefficient (Wildman–Crippen LogP) is 3.94. The molecule has 0 aliphatic rings. The van der Waals surface area contributed by atoms with Crippen LogP contribution < -0.4 is 10.9 Å². The van der Waals surface area contributed by atoms with Gasteiger partial charge in [0.1, 0.15) is 11.5 Å². The van der Waals surface area contributed by atoms with Gasteiger partial charge in [-0.2, -0.15) is 0 Å². The van der Waals surface area contributed by atoms with Crippen molar-refractivity contribution < 1.29 is 9.31 Å². The molecule has 1 unspecified atom stereocenters. The number of fused-ring (bicyclic) bond motifs is 1. The highest BCUT2D eigenvalue weighted by atomic mass is 19.1. The summed E-state index contributed by atoms with van der Waals surface area (Å²) < 4.78 is 15.0. The number of anilines is 1. The molecule has 7 nitrogen and oxygen atoms in total. The van der Waals surface area contributed by atoms with Crippen LogP contribution in [0.1, 0.15) is 17.2 Å². The summed E-state index contributed by atoms with van der Waals surface area (Å²) in [6, 6.07) is 19.2. The van der Waals surface area contributed by atoms with Crippen molar-refractivity contribution in [3.8, 4) is 0 Å². The maximum absolute atomic E-state index is 13.9. The van der Waals surface area contributed by atoms with E-state index < -0.39 is 28.0 Å². The summed E-state index contributed by atoms with van der Waals surface area (Å²) in [6.45, 7) is 0. The van der Waals surface area contributed by atoms with E-state index in [4.69, 9.17) is 0 Å². The molecule has 0 saturated heterocycles. The fourth-order valence-corrected chi connectivity index (χ4v) is 3.17. The molecule has 1 atom stereocenters. The third kappa shape index (κ3) is 3.55. The van der Waals surface area contributed by atoms with E-state index in [2.05, 4.69) is 10.3 Å². The van der Waals surface area contributed by atoms with Gasteiger partial charge in [-0.3, -0.25) is 19.3 Å². The number of benzene rings is 2. The minimum atomic E-state index is -0.797. The SMILES string of the molecule is O=c1c([N+](=O)[O-])c(NC(c2ccccc2)c2cccc(F)c2)nc2ccccn12. The Morgan fingerprint density at radius 3 is 2.45 bits per heavy atom. The Morgan fingerprint density at radius 2 is 1.72 bits per heavy atom. The minimum Gasteiger partial charge on any atom is -0.353 e. The standard InChI is InChI=1S/C21H15FN4O3/c22-16-10-6-9-15(13-16)18(14-7-2-1-3-8-14)24-20-19(26(28)29)21(27)25-12-5-4-11-17(25)23-20/h1-13,18,24H. The smallest absolute Gasteiger partial charge is 0.353 e. The van der Waals surface area contributed by atoms with Crippen LogP contribution in [0.25, 0.3) is 5.65 Å². The summed E-state index contributed by atoms with van der Waals surface area (Å²) in [4.78, 5) is 27.9. The van der Waals surface area contributed by atoms with Gasteiger partial charge in [0.15, 0.2) is 0 Å². The van der Waals surface area contributed by atoms with E-state index in [1.54, 1.807) is 42.5 Å². The summed E-state index contributed by atoms with van der Waals surface area (Å²) in [5.41, 5.74) is 0.0693. The van der Waals surface area contributed by atoms with Crippen LogP contribution in [-0.2, 0) is 0 Å². The average molecular weight is 390 g/mol. The molecule has 0 spiro atoms. The fourth-order valence-electron chi connectivity index (χ4n) is 3.17. The third-order valence-corrected chi connectivity index (χ3v) is 4.49. The van der Waals surface area contributed by atoms with E-state index >= 15 is 0 Å². The van der Waals surface area contributed by atoms with Gasteiger partial charge in [0.2, 0.25) is 5.82 Å². The number of hydrogen-bond donors (Lipinski definition) is 1. The van der Waals surface area contributed by atoms with Crippen molar-refractivity contribution >= 4 is 17.2 Å². The largest absolute Gasteiger partial charge is 0.376 e. The number of rotatable bonds is 5. The molecular weight excluding hydrogens is 375 g/mol. The first kappa shape index (κ1) is 18.3. The lowest BCUT2D eigenvalue weighted by molar-refractivity contribution is -0.385. The predicted molar refractivity (Wildman–Crippen MR) is 106 cm³/mol. The molecule has 29 heavy (non-hydrogen) atoms. The van der Waals surface area contributed by atoms with Crippen LogP contribution in [0, 0.1) is 15.9 Å². The van der Waals surface area contributed by atoms with Crippen LogP contribution in [0.3, 0.4) is 0 Å². The van der Waals surface area contributed by atoms with E-state index in [9.17, 15) is 19.3 Å². The van der Waals surface area contributed by atoms with E-state index in [0.717, 1.165) is 9.96 Å². The van der Waals surface area contributed by atoms with Crippen molar-refractivity contribution in [1.82, 2.24) is 9.38 Å². The highest BCUT2D eigenvalue weighted by Crippen LogP contribution is 2.29. The fraction of sp³-hybridized carbons (Fsp3) is 0.0476. The van der Waals surface area contributed by atoms with Crippen LogP contribution in [-0.4, -0.2) is 14.3 Å². The molecule has 8 heteroatoms. The van der Waals surface area contributed by atoms with E-state index in [0.29, 0.717) is 5.56 Å². The maximum Gasteiger partial charge on any atom is 0.376 e. The third-order valence-electron chi connectivity index (χ3n) is 4.49. The van der Waals surface area contributed by atoms with Gasteiger partial charge < -0.3 is 5.32 Å².